The molecule has 0 heterocycles. The molecule has 0 radical (unpaired) electrons. The standard InChI is InChI=1S/C16H20N2.Na.H/c1-9-11(3)16(18)12(4)10(2)15(9)13-5-7-14(17)8-6-13;;/h5-8H,17-18H2,1-4H3;;/q;+1;-1. The van der Waals surface area contributed by atoms with E-state index in [0.717, 1.165) is 11.4 Å². The summed E-state index contributed by atoms with van der Waals surface area (Å²) in [6.45, 7) is 8.42. The molecule has 0 fully saturated rings. The van der Waals surface area contributed by atoms with Crippen molar-refractivity contribution >= 4 is 11.4 Å². The topological polar surface area (TPSA) is 52.0 Å². The van der Waals surface area contributed by atoms with Gasteiger partial charge in [0.1, 0.15) is 0 Å². The zero-order valence-corrected chi connectivity index (χ0v) is 14.5. The van der Waals surface area contributed by atoms with Crippen molar-refractivity contribution in [3.63, 3.8) is 0 Å². The van der Waals surface area contributed by atoms with Gasteiger partial charge in [-0.05, 0) is 73.2 Å². The fourth-order valence-corrected chi connectivity index (χ4v) is 2.42. The van der Waals surface area contributed by atoms with Crippen molar-refractivity contribution in [3.8, 4) is 11.1 Å². The SMILES string of the molecule is Cc1c(C)c(-c2ccc(N)cc2)c(C)c(C)c1N.[H-].[Na+]. The Morgan fingerprint density at radius 3 is 1.58 bits per heavy atom. The Balaban J connectivity index is 0.00000180. The van der Waals surface area contributed by atoms with Crippen LogP contribution in [0, 0.1) is 27.7 Å². The summed E-state index contributed by atoms with van der Waals surface area (Å²) < 4.78 is 0. The van der Waals surface area contributed by atoms with E-state index in [1.807, 2.05) is 12.1 Å². The maximum atomic E-state index is 6.13. The van der Waals surface area contributed by atoms with Gasteiger partial charge in [0.05, 0.1) is 0 Å². The summed E-state index contributed by atoms with van der Waals surface area (Å²) in [5.41, 5.74) is 20.9. The van der Waals surface area contributed by atoms with Gasteiger partial charge in [0.2, 0.25) is 0 Å². The Morgan fingerprint density at radius 2 is 1.16 bits per heavy atom. The van der Waals surface area contributed by atoms with Crippen LogP contribution in [-0.4, -0.2) is 0 Å². The maximum absolute atomic E-state index is 6.13. The number of nitrogens with two attached hydrogens (primary N) is 2. The second kappa shape index (κ2) is 6.00. The molecule has 0 spiro atoms. The molecular formula is C16H21N2Na. The number of anilines is 2. The normalized spacial score (nSPS) is 10.1. The molecule has 0 saturated carbocycles. The molecule has 19 heavy (non-hydrogen) atoms. The molecule has 96 valence electrons. The summed E-state index contributed by atoms with van der Waals surface area (Å²) in [4.78, 5) is 0. The molecule has 0 aliphatic heterocycles. The van der Waals surface area contributed by atoms with Crippen LogP contribution in [0.2, 0.25) is 0 Å². The summed E-state index contributed by atoms with van der Waals surface area (Å²) in [6.07, 6.45) is 0. The van der Waals surface area contributed by atoms with Crippen LogP contribution in [0.4, 0.5) is 11.4 Å². The van der Waals surface area contributed by atoms with Gasteiger partial charge >= 0.3 is 29.6 Å². The van der Waals surface area contributed by atoms with E-state index in [1.54, 1.807) is 0 Å². The Morgan fingerprint density at radius 1 is 0.737 bits per heavy atom. The molecule has 0 unspecified atom stereocenters. The van der Waals surface area contributed by atoms with Crippen molar-refractivity contribution in [2.75, 3.05) is 11.5 Å². The van der Waals surface area contributed by atoms with E-state index in [1.165, 1.54) is 33.4 Å². The smallest absolute Gasteiger partial charge is 1.00 e. The Bertz CT molecular complexity index is 578. The summed E-state index contributed by atoms with van der Waals surface area (Å²) in [6, 6.07) is 8.02. The quantitative estimate of drug-likeness (QED) is 0.593. The van der Waals surface area contributed by atoms with Crippen LogP contribution in [0.5, 0.6) is 0 Å². The van der Waals surface area contributed by atoms with Gasteiger partial charge in [-0.2, -0.15) is 0 Å². The Hall–Kier alpha value is -0.960. The largest absolute Gasteiger partial charge is 1.00 e. The first-order chi connectivity index (χ1) is 8.43. The average Bonchev–Trinajstić information content (AvgIpc) is 2.36. The second-order valence-corrected chi connectivity index (χ2v) is 4.91. The average molecular weight is 264 g/mol. The van der Waals surface area contributed by atoms with Gasteiger partial charge in [0.15, 0.2) is 0 Å². The summed E-state index contributed by atoms with van der Waals surface area (Å²) in [5, 5.41) is 0. The summed E-state index contributed by atoms with van der Waals surface area (Å²) in [7, 11) is 0. The van der Waals surface area contributed by atoms with Crippen molar-refractivity contribution in [3.05, 3.63) is 46.5 Å². The third-order valence-electron chi connectivity index (χ3n) is 3.88. The molecule has 0 saturated heterocycles. The number of hydrogen-bond acceptors (Lipinski definition) is 2. The van der Waals surface area contributed by atoms with Gasteiger partial charge in [-0.25, -0.2) is 0 Å². The van der Waals surface area contributed by atoms with Gasteiger partial charge in [0.25, 0.3) is 0 Å². The number of benzene rings is 2. The van der Waals surface area contributed by atoms with E-state index >= 15 is 0 Å². The molecule has 0 atom stereocenters. The predicted molar refractivity (Wildman–Crippen MR) is 80.8 cm³/mol. The molecule has 4 N–H and O–H groups in total. The third kappa shape index (κ3) is 2.81. The predicted octanol–water partition coefficient (Wildman–Crippen LogP) is 0.868. The molecule has 2 rings (SSSR count). The fourth-order valence-electron chi connectivity index (χ4n) is 2.42. The second-order valence-electron chi connectivity index (χ2n) is 4.91. The van der Waals surface area contributed by atoms with Gasteiger partial charge in [-0.1, -0.05) is 12.1 Å². The van der Waals surface area contributed by atoms with Crippen molar-refractivity contribution in [1.82, 2.24) is 0 Å². The van der Waals surface area contributed by atoms with Crippen molar-refractivity contribution in [2.24, 2.45) is 0 Å². The van der Waals surface area contributed by atoms with E-state index in [0.29, 0.717) is 0 Å². The monoisotopic (exact) mass is 264 g/mol. The molecular weight excluding hydrogens is 243 g/mol. The minimum Gasteiger partial charge on any atom is -1.00 e. The maximum Gasteiger partial charge on any atom is 1.00 e. The first-order valence-corrected chi connectivity index (χ1v) is 6.15. The van der Waals surface area contributed by atoms with Gasteiger partial charge in [0, 0.05) is 11.4 Å². The van der Waals surface area contributed by atoms with Crippen LogP contribution in [-0.2, 0) is 0 Å². The van der Waals surface area contributed by atoms with Crippen LogP contribution in [0.3, 0.4) is 0 Å². The molecule has 3 heteroatoms. The summed E-state index contributed by atoms with van der Waals surface area (Å²) >= 11 is 0. The molecule has 0 aromatic heterocycles. The minimum absolute atomic E-state index is 0. The summed E-state index contributed by atoms with van der Waals surface area (Å²) in [5.74, 6) is 0. The van der Waals surface area contributed by atoms with E-state index in [9.17, 15) is 0 Å². The first kappa shape index (κ1) is 16.1. The first-order valence-electron chi connectivity index (χ1n) is 6.15. The van der Waals surface area contributed by atoms with E-state index < -0.39 is 0 Å². The molecule has 0 aliphatic carbocycles. The van der Waals surface area contributed by atoms with E-state index in [4.69, 9.17) is 11.5 Å². The number of nitrogen functional groups attached to an aromatic ring is 2. The zero-order valence-electron chi connectivity index (χ0n) is 13.5. The van der Waals surface area contributed by atoms with Crippen LogP contribution in [0.1, 0.15) is 23.7 Å². The van der Waals surface area contributed by atoms with Crippen molar-refractivity contribution in [1.29, 1.82) is 0 Å². The van der Waals surface area contributed by atoms with Crippen molar-refractivity contribution < 1.29 is 31.0 Å². The molecule has 2 aromatic carbocycles. The van der Waals surface area contributed by atoms with E-state index in [2.05, 4.69) is 39.8 Å². The van der Waals surface area contributed by atoms with E-state index in [-0.39, 0.29) is 31.0 Å². The number of rotatable bonds is 1. The molecule has 0 bridgehead atoms. The zero-order chi connectivity index (χ0) is 13.4. The van der Waals surface area contributed by atoms with Gasteiger partial charge in [-0.3, -0.25) is 0 Å². The third-order valence-corrected chi connectivity index (χ3v) is 3.88. The Kier molecular flexibility index (Phi) is 5.08. The number of hydrogen-bond donors (Lipinski definition) is 2. The van der Waals surface area contributed by atoms with Crippen LogP contribution in [0.25, 0.3) is 11.1 Å². The van der Waals surface area contributed by atoms with Crippen LogP contribution < -0.4 is 41.0 Å². The minimum atomic E-state index is 0. The van der Waals surface area contributed by atoms with Gasteiger partial charge < -0.3 is 12.9 Å². The van der Waals surface area contributed by atoms with Gasteiger partial charge in [-0.15, -0.1) is 0 Å². The molecule has 0 amide bonds. The molecule has 0 aliphatic rings. The van der Waals surface area contributed by atoms with Crippen LogP contribution >= 0.6 is 0 Å². The fraction of sp³-hybridized carbons (Fsp3) is 0.250. The molecule has 2 nitrogen and oxygen atoms in total. The van der Waals surface area contributed by atoms with Crippen LogP contribution in [0.15, 0.2) is 24.3 Å². The molecule has 2 aromatic rings. The van der Waals surface area contributed by atoms with Crippen molar-refractivity contribution in [2.45, 2.75) is 27.7 Å². The Labute approximate surface area is 139 Å².